The zero-order valence-electron chi connectivity index (χ0n) is 10.1. The molecule has 1 N–H and O–H groups in total. The molecule has 0 atom stereocenters. The molecule has 0 bridgehead atoms. The Morgan fingerprint density at radius 1 is 1.28 bits per heavy atom. The predicted octanol–water partition coefficient (Wildman–Crippen LogP) is 3.11. The van der Waals surface area contributed by atoms with Crippen LogP contribution in [0.5, 0.6) is 5.88 Å². The summed E-state index contributed by atoms with van der Waals surface area (Å²) in [5, 5.41) is 9.76. The van der Waals surface area contributed by atoms with Crippen molar-refractivity contribution in [2.24, 2.45) is 0 Å². The van der Waals surface area contributed by atoms with Gasteiger partial charge in [0.1, 0.15) is 6.61 Å². The fourth-order valence-electron chi connectivity index (χ4n) is 1.62. The molecule has 1 aromatic heterocycles. The van der Waals surface area contributed by atoms with E-state index in [1.165, 1.54) is 0 Å². The summed E-state index contributed by atoms with van der Waals surface area (Å²) < 4.78 is 5.62. The highest BCUT2D eigenvalue weighted by Gasteiger charge is 2.10. The molecule has 0 aliphatic heterocycles. The molecule has 0 aliphatic carbocycles. The molecule has 0 amide bonds. The number of benzene rings is 1. The number of aromatic nitrogens is 1. The first-order valence-corrected chi connectivity index (χ1v) is 6.02. The van der Waals surface area contributed by atoms with Gasteiger partial charge in [-0.25, -0.2) is 4.98 Å². The summed E-state index contributed by atoms with van der Waals surface area (Å²) >= 11 is 6.04. The minimum absolute atomic E-state index is 0.184. The number of nitrogens with zero attached hydrogens (tertiary/aromatic N) is 1. The summed E-state index contributed by atoms with van der Waals surface area (Å²) in [4.78, 5) is 4.25. The van der Waals surface area contributed by atoms with E-state index in [0.717, 1.165) is 11.3 Å². The number of halogens is 1. The molecule has 0 saturated heterocycles. The fourth-order valence-corrected chi connectivity index (χ4v) is 1.92. The monoisotopic (exact) mass is 263 g/mol. The Bertz CT molecular complexity index is 529. The molecule has 0 saturated carbocycles. The summed E-state index contributed by atoms with van der Waals surface area (Å²) in [5.74, 6) is 0.395. The summed E-state index contributed by atoms with van der Waals surface area (Å²) in [7, 11) is 0. The molecule has 2 aromatic rings. The van der Waals surface area contributed by atoms with Gasteiger partial charge in [-0.05, 0) is 18.6 Å². The zero-order chi connectivity index (χ0) is 13.0. The minimum Gasteiger partial charge on any atom is -0.472 e. The molecule has 4 heteroatoms. The normalized spacial score (nSPS) is 10.4. The predicted molar refractivity (Wildman–Crippen MR) is 70.7 cm³/mol. The van der Waals surface area contributed by atoms with E-state index in [2.05, 4.69) is 4.98 Å². The molecule has 1 aromatic carbocycles. The lowest BCUT2D eigenvalue weighted by atomic mass is 10.2. The van der Waals surface area contributed by atoms with Crippen LogP contribution < -0.4 is 4.74 Å². The van der Waals surface area contributed by atoms with Crippen LogP contribution in [0.1, 0.15) is 16.8 Å². The Morgan fingerprint density at radius 2 is 2.00 bits per heavy atom. The number of aliphatic hydroxyl groups is 1. The lowest BCUT2D eigenvalue weighted by molar-refractivity contribution is 0.252. The second-order valence-corrected chi connectivity index (χ2v) is 4.37. The molecule has 0 spiro atoms. The van der Waals surface area contributed by atoms with Crippen molar-refractivity contribution in [1.82, 2.24) is 4.98 Å². The van der Waals surface area contributed by atoms with Crippen LogP contribution in [0.2, 0.25) is 5.02 Å². The second-order valence-electron chi connectivity index (χ2n) is 3.96. The quantitative estimate of drug-likeness (QED) is 0.922. The smallest absolute Gasteiger partial charge is 0.220 e. The number of pyridine rings is 1. The molecule has 0 fully saturated rings. The van der Waals surface area contributed by atoms with Gasteiger partial charge in [-0.3, -0.25) is 0 Å². The highest BCUT2D eigenvalue weighted by molar-refractivity contribution is 6.31. The molecule has 2 rings (SSSR count). The van der Waals surface area contributed by atoms with E-state index in [9.17, 15) is 5.11 Å². The van der Waals surface area contributed by atoms with Crippen LogP contribution in [0.3, 0.4) is 0 Å². The standard InChI is InChI=1S/C14H14ClNO2/c1-10-7-13(15)12(8-17)14(16-10)18-9-11-5-3-2-4-6-11/h2-7,17H,8-9H2,1H3. The van der Waals surface area contributed by atoms with Crippen molar-refractivity contribution in [1.29, 1.82) is 0 Å². The summed E-state index contributed by atoms with van der Waals surface area (Å²) in [6.07, 6.45) is 0. The van der Waals surface area contributed by atoms with E-state index < -0.39 is 0 Å². The van der Waals surface area contributed by atoms with E-state index in [4.69, 9.17) is 16.3 Å². The largest absolute Gasteiger partial charge is 0.472 e. The molecule has 18 heavy (non-hydrogen) atoms. The molecule has 0 radical (unpaired) electrons. The van der Waals surface area contributed by atoms with Gasteiger partial charge < -0.3 is 9.84 Å². The number of hydrogen-bond donors (Lipinski definition) is 1. The summed E-state index contributed by atoms with van der Waals surface area (Å²) in [6, 6.07) is 11.5. The minimum atomic E-state index is -0.184. The third kappa shape index (κ3) is 3.00. The van der Waals surface area contributed by atoms with Gasteiger partial charge in [-0.1, -0.05) is 41.9 Å². The SMILES string of the molecule is Cc1cc(Cl)c(CO)c(OCc2ccccc2)n1. The maximum absolute atomic E-state index is 9.28. The van der Waals surface area contributed by atoms with E-state index >= 15 is 0 Å². The fraction of sp³-hybridized carbons (Fsp3) is 0.214. The Morgan fingerprint density at radius 3 is 2.67 bits per heavy atom. The van der Waals surface area contributed by atoms with Crippen molar-refractivity contribution in [3.63, 3.8) is 0 Å². The molecule has 0 unspecified atom stereocenters. The van der Waals surface area contributed by atoms with Crippen LogP contribution in [0.25, 0.3) is 0 Å². The van der Waals surface area contributed by atoms with Crippen LogP contribution in [0.15, 0.2) is 36.4 Å². The van der Waals surface area contributed by atoms with Gasteiger partial charge in [-0.15, -0.1) is 0 Å². The second kappa shape index (κ2) is 5.85. The number of hydrogen-bond acceptors (Lipinski definition) is 3. The van der Waals surface area contributed by atoms with E-state index in [0.29, 0.717) is 23.1 Å². The number of ether oxygens (including phenoxy) is 1. The number of rotatable bonds is 4. The van der Waals surface area contributed by atoms with Crippen molar-refractivity contribution in [3.05, 3.63) is 58.2 Å². The summed E-state index contributed by atoms with van der Waals surface area (Å²) in [5.41, 5.74) is 2.33. The Balaban J connectivity index is 2.18. The zero-order valence-corrected chi connectivity index (χ0v) is 10.8. The first kappa shape index (κ1) is 12.9. The molecule has 0 aliphatic rings. The van der Waals surface area contributed by atoms with E-state index in [1.54, 1.807) is 6.07 Å². The maximum Gasteiger partial charge on any atom is 0.220 e. The van der Waals surface area contributed by atoms with Gasteiger partial charge in [0.25, 0.3) is 0 Å². The Hall–Kier alpha value is -1.58. The van der Waals surface area contributed by atoms with Crippen molar-refractivity contribution in [2.45, 2.75) is 20.1 Å². The van der Waals surface area contributed by atoms with Gasteiger partial charge in [0.2, 0.25) is 5.88 Å². The van der Waals surface area contributed by atoms with Gasteiger partial charge >= 0.3 is 0 Å². The molecular formula is C14H14ClNO2. The molecule has 3 nitrogen and oxygen atoms in total. The Labute approximate surface area is 111 Å². The number of aliphatic hydroxyl groups excluding tert-OH is 1. The van der Waals surface area contributed by atoms with E-state index in [-0.39, 0.29) is 6.61 Å². The van der Waals surface area contributed by atoms with Crippen molar-refractivity contribution < 1.29 is 9.84 Å². The first-order valence-electron chi connectivity index (χ1n) is 5.64. The molecular weight excluding hydrogens is 250 g/mol. The van der Waals surface area contributed by atoms with Gasteiger partial charge in [-0.2, -0.15) is 0 Å². The van der Waals surface area contributed by atoms with Gasteiger partial charge in [0, 0.05) is 5.69 Å². The highest BCUT2D eigenvalue weighted by atomic mass is 35.5. The van der Waals surface area contributed by atoms with Gasteiger partial charge in [0.05, 0.1) is 17.2 Å². The lowest BCUT2D eigenvalue weighted by Crippen LogP contribution is -2.02. The third-order valence-corrected chi connectivity index (χ3v) is 2.87. The van der Waals surface area contributed by atoms with Crippen molar-refractivity contribution in [2.75, 3.05) is 0 Å². The Kier molecular flexibility index (Phi) is 4.18. The average molecular weight is 264 g/mol. The number of aryl methyl sites for hydroxylation is 1. The maximum atomic E-state index is 9.28. The van der Waals surface area contributed by atoms with E-state index in [1.807, 2.05) is 37.3 Å². The van der Waals surface area contributed by atoms with Crippen LogP contribution in [-0.2, 0) is 13.2 Å². The molecule has 94 valence electrons. The summed E-state index contributed by atoms with van der Waals surface area (Å²) in [6.45, 7) is 2.05. The lowest BCUT2D eigenvalue weighted by Gasteiger charge is -2.11. The van der Waals surface area contributed by atoms with Gasteiger partial charge in [0.15, 0.2) is 0 Å². The van der Waals surface area contributed by atoms with Crippen LogP contribution in [-0.4, -0.2) is 10.1 Å². The van der Waals surface area contributed by atoms with Crippen LogP contribution in [0.4, 0.5) is 0 Å². The van der Waals surface area contributed by atoms with Crippen LogP contribution >= 0.6 is 11.6 Å². The average Bonchev–Trinajstić information content (AvgIpc) is 2.37. The highest BCUT2D eigenvalue weighted by Crippen LogP contribution is 2.26. The van der Waals surface area contributed by atoms with Crippen molar-refractivity contribution in [3.8, 4) is 5.88 Å². The van der Waals surface area contributed by atoms with Crippen molar-refractivity contribution >= 4 is 11.6 Å². The third-order valence-electron chi connectivity index (χ3n) is 2.54. The van der Waals surface area contributed by atoms with Crippen LogP contribution in [0, 0.1) is 6.92 Å². The topological polar surface area (TPSA) is 42.4 Å². The molecule has 1 heterocycles. The first-order chi connectivity index (χ1) is 8.70.